The number of amides is 2. The van der Waals surface area contributed by atoms with Crippen LogP contribution >= 0.6 is 0 Å². The molecule has 4 heteroatoms. The van der Waals surface area contributed by atoms with Crippen molar-refractivity contribution in [1.29, 1.82) is 0 Å². The van der Waals surface area contributed by atoms with Crippen molar-refractivity contribution in [2.45, 2.75) is 73.3 Å². The van der Waals surface area contributed by atoms with Crippen molar-refractivity contribution in [2.75, 3.05) is 0 Å². The van der Waals surface area contributed by atoms with Crippen molar-refractivity contribution in [3.05, 3.63) is 35.9 Å². The van der Waals surface area contributed by atoms with Crippen molar-refractivity contribution in [3.63, 3.8) is 0 Å². The van der Waals surface area contributed by atoms with Crippen LogP contribution in [0.2, 0.25) is 0 Å². The van der Waals surface area contributed by atoms with Gasteiger partial charge in [-0.25, -0.2) is 0 Å². The summed E-state index contributed by atoms with van der Waals surface area (Å²) in [5, 5.41) is 2.56. The molecule has 28 heavy (non-hydrogen) atoms. The first-order valence-electron chi connectivity index (χ1n) is 10.4. The Morgan fingerprint density at radius 3 is 1.96 bits per heavy atom. The molecular formula is C24H38N2O2. The molecule has 156 valence electrons. The molecule has 0 spiro atoms. The van der Waals surface area contributed by atoms with Gasteiger partial charge in [0, 0.05) is 5.54 Å². The lowest BCUT2D eigenvalue weighted by atomic mass is 9.57. The third kappa shape index (κ3) is 4.17. The summed E-state index contributed by atoms with van der Waals surface area (Å²) in [6, 6.07) is 10.5. The van der Waals surface area contributed by atoms with Gasteiger partial charge in [-0.1, -0.05) is 78.8 Å². The second kappa shape index (κ2) is 7.62. The molecule has 2 rings (SSSR count). The quantitative estimate of drug-likeness (QED) is 0.707. The number of nitrogens with one attached hydrogen (secondary N) is 1. The SMILES string of the molecule is CC(C)C1C(=O)NC(=O)C1C(C)(C)C(C)(N)CC(c1ccccc1)C(C)(C)C. The molecule has 1 aliphatic rings. The first-order valence-corrected chi connectivity index (χ1v) is 10.4. The summed E-state index contributed by atoms with van der Waals surface area (Å²) < 4.78 is 0. The van der Waals surface area contributed by atoms with Crippen LogP contribution in [0.25, 0.3) is 0 Å². The summed E-state index contributed by atoms with van der Waals surface area (Å²) in [5.41, 5.74) is 7.08. The zero-order chi connectivity index (χ0) is 21.5. The van der Waals surface area contributed by atoms with Gasteiger partial charge in [0.25, 0.3) is 0 Å². The lowest BCUT2D eigenvalue weighted by molar-refractivity contribution is -0.129. The fourth-order valence-corrected chi connectivity index (χ4v) is 4.71. The molecular weight excluding hydrogens is 348 g/mol. The number of hydrogen-bond donors (Lipinski definition) is 2. The Balaban J connectivity index is 2.42. The van der Waals surface area contributed by atoms with E-state index in [0.29, 0.717) is 0 Å². The van der Waals surface area contributed by atoms with E-state index in [1.165, 1.54) is 5.56 Å². The Labute approximate surface area is 170 Å². The van der Waals surface area contributed by atoms with E-state index in [4.69, 9.17) is 5.73 Å². The van der Waals surface area contributed by atoms with Gasteiger partial charge in [-0.3, -0.25) is 14.9 Å². The van der Waals surface area contributed by atoms with Crippen molar-refractivity contribution in [1.82, 2.24) is 5.32 Å². The largest absolute Gasteiger partial charge is 0.325 e. The molecule has 0 radical (unpaired) electrons. The Hall–Kier alpha value is -1.68. The maximum atomic E-state index is 12.8. The van der Waals surface area contributed by atoms with Gasteiger partial charge in [-0.15, -0.1) is 0 Å². The molecule has 1 fully saturated rings. The number of carbonyl (C=O) groups excluding carboxylic acids is 2. The molecule has 0 saturated carbocycles. The lowest BCUT2D eigenvalue weighted by Crippen LogP contribution is -2.58. The van der Waals surface area contributed by atoms with Crippen molar-refractivity contribution in [2.24, 2.45) is 34.3 Å². The third-order valence-corrected chi connectivity index (χ3v) is 7.03. The zero-order valence-corrected chi connectivity index (χ0v) is 18.8. The third-order valence-electron chi connectivity index (χ3n) is 7.03. The minimum Gasteiger partial charge on any atom is -0.325 e. The van der Waals surface area contributed by atoms with Crippen molar-refractivity contribution >= 4 is 11.8 Å². The van der Waals surface area contributed by atoms with E-state index in [0.717, 1.165) is 6.42 Å². The fraction of sp³-hybridized carbons (Fsp3) is 0.667. The van der Waals surface area contributed by atoms with Crippen molar-refractivity contribution in [3.8, 4) is 0 Å². The lowest BCUT2D eigenvalue weighted by Gasteiger charge is -2.49. The molecule has 2 amide bonds. The number of imide groups is 1. The fourth-order valence-electron chi connectivity index (χ4n) is 4.71. The first-order chi connectivity index (χ1) is 12.7. The summed E-state index contributed by atoms with van der Waals surface area (Å²) >= 11 is 0. The highest BCUT2D eigenvalue weighted by Crippen LogP contribution is 2.50. The van der Waals surface area contributed by atoms with Crippen LogP contribution < -0.4 is 11.1 Å². The number of benzene rings is 1. The van der Waals surface area contributed by atoms with Crippen LogP contribution in [0.3, 0.4) is 0 Å². The molecule has 0 bridgehead atoms. The van der Waals surface area contributed by atoms with E-state index in [2.05, 4.69) is 64.2 Å². The van der Waals surface area contributed by atoms with Crippen molar-refractivity contribution < 1.29 is 9.59 Å². The molecule has 1 heterocycles. The van der Waals surface area contributed by atoms with Crippen LogP contribution in [0, 0.1) is 28.6 Å². The monoisotopic (exact) mass is 386 g/mol. The van der Waals surface area contributed by atoms with Gasteiger partial charge in [0.2, 0.25) is 11.8 Å². The molecule has 1 aromatic rings. The number of hydrogen-bond acceptors (Lipinski definition) is 3. The Morgan fingerprint density at radius 2 is 1.50 bits per heavy atom. The molecule has 1 saturated heterocycles. The standard InChI is InChI=1S/C24H38N2O2/c1-15(2)18-19(21(28)26-20(18)27)23(6,7)24(8,25)14-17(22(3,4)5)16-12-10-9-11-13-16/h9-13,15,17-19H,14,25H2,1-8H3,(H,26,27,28). The van der Waals surface area contributed by atoms with E-state index in [9.17, 15) is 9.59 Å². The van der Waals surface area contributed by atoms with Crippen LogP contribution in [-0.4, -0.2) is 17.4 Å². The van der Waals surface area contributed by atoms with Crippen LogP contribution in [-0.2, 0) is 9.59 Å². The highest BCUT2D eigenvalue weighted by molar-refractivity contribution is 6.05. The van der Waals surface area contributed by atoms with E-state index < -0.39 is 16.9 Å². The predicted molar refractivity (Wildman–Crippen MR) is 115 cm³/mol. The average molecular weight is 387 g/mol. The maximum absolute atomic E-state index is 12.8. The predicted octanol–water partition coefficient (Wildman–Crippen LogP) is 4.49. The highest BCUT2D eigenvalue weighted by Gasteiger charge is 2.56. The van der Waals surface area contributed by atoms with E-state index in [-0.39, 0.29) is 35.0 Å². The number of nitrogens with two attached hydrogens (primary N) is 1. The zero-order valence-electron chi connectivity index (χ0n) is 18.8. The van der Waals surface area contributed by atoms with E-state index in [1.807, 2.05) is 26.8 Å². The van der Waals surface area contributed by atoms with Gasteiger partial charge < -0.3 is 5.73 Å². The Morgan fingerprint density at radius 1 is 0.964 bits per heavy atom. The van der Waals surface area contributed by atoms with Crippen LogP contribution in [0.5, 0.6) is 0 Å². The van der Waals surface area contributed by atoms with Gasteiger partial charge in [-0.05, 0) is 41.6 Å². The van der Waals surface area contributed by atoms with Gasteiger partial charge in [-0.2, -0.15) is 0 Å². The average Bonchev–Trinajstić information content (AvgIpc) is 2.87. The minimum absolute atomic E-state index is 0.0171. The first kappa shape index (κ1) is 22.6. The van der Waals surface area contributed by atoms with Gasteiger partial charge in [0.1, 0.15) is 0 Å². The summed E-state index contributed by atoms with van der Waals surface area (Å²) in [6.07, 6.45) is 0.732. The smallest absolute Gasteiger partial charge is 0.231 e. The second-order valence-corrected chi connectivity index (χ2v) is 10.8. The molecule has 1 aliphatic heterocycles. The Kier molecular flexibility index (Phi) is 6.16. The maximum Gasteiger partial charge on any atom is 0.231 e. The molecule has 0 aromatic heterocycles. The molecule has 0 aliphatic carbocycles. The second-order valence-electron chi connectivity index (χ2n) is 10.8. The summed E-state index contributed by atoms with van der Waals surface area (Å²) in [7, 11) is 0. The van der Waals surface area contributed by atoms with E-state index in [1.54, 1.807) is 0 Å². The highest BCUT2D eigenvalue weighted by atomic mass is 16.2. The Bertz CT molecular complexity index is 714. The topological polar surface area (TPSA) is 72.2 Å². The molecule has 4 unspecified atom stereocenters. The molecule has 1 aromatic carbocycles. The van der Waals surface area contributed by atoms with Gasteiger partial charge in [0.05, 0.1) is 11.8 Å². The molecule has 3 N–H and O–H groups in total. The number of carbonyl (C=O) groups is 2. The van der Waals surface area contributed by atoms with Gasteiger partial charge >= 0.3 is 0 Å². The van der Waals surface area contributed by atoms with Crippen LogP contribution in [0.15, 0.2) is 30.3 Å². The summed E-state index contributed by atoms with van der Waals surface area (Å²) in [4.78, 5) is 25.2. The van der Waals surface area contributed by atoms with E-state index >= 15 is 0 Å². The van der Waals surface area contributed by atoms with Crippen LogP contribution in [0.1, 0.15) is 73.3 Å². The normalized spacial score (nSPS) is 24.2. The number of rotatable bonds is 6. The summed E-state index contributed by atoms with van der Waals surface area (Å²) in [5.74, 6) is -0.789. The minimum atomic E-state index is -0.638. The summed E-state index contributed by atoms with van der Waals surface area (Å²) in [6.45, 7) is 16.8. The molecule has 4 nitrogen and oxygen atoms in total. The van der Waals surface area contributed by atoms with Gasteiger partial charge in [0.15, 0.2) is 0 Å². The van der Waals surface area contributed by atoms with Crippen LogP contribution in [0.4, 0.5) is 0 Å². The molecule has 4 atom stereocenters.